The lowest BCUT2D eigenvalue weighted by atomic mass is 10.1. The number of sulfonamides is 1. The molecular weight excluding hydrogens is 568 g/mol. The average molecular weight is 592 g/mol. The molecule has 3 heterocycles. The minimum Gasteiger partial charge on any atom is -0.383 e. The number of carbonyl (C=O) groups excluding carboxylic acids is 1. The van der Waals surface area contributed by atoms with E-state index in [0.717, 1.165) is 12.5 Å². The highest BCUT2D eigenvalue weighted by Gasteiger charge is 2.30. The van der Waals surface area contributed by atoms with Gasteiger partial charge in [-0.1, -0.05) is 23.2 Å². The smallest absolute Gasteiger partial charge is 0.261 e. The van der Waals surface area contributed by atoms with Gasteiger partial charge >= 0.3 is 0 Å². The van der Waals surface area contributed by atoms with Gasteiger partial charge in [-0.2, -0.15) is 9.61 Å². The largest absolute Gasteiger partial charge is 0.383 e. The Kier molecular flexibility index (Phi) is 7.14. The number of likely N-dealkylation sites (tertiary alicyclic amines) is 1. The van der Waals surface area contributed by atoms with Crippen LogP contribution in [0, 0.1) is 5.82 Å². The number of hydrogen-bond acceptors (Lipinski definition) is 7. The molecular formula is C25H24Cl2FN7O3S. The molecule has 1 unspecified atom stereocenters. The molecule has 1 fully saturated rings. The van der Waals surface area contributed by atoms with Crippen LogP contribution in [0.1, 0.15) is 16.8 Å². The van der Waals surface area contributed by atoms with Crippen molar-refractivity contribution < 1.29 is 17.6 Å². The topological polar surface area (TPSA) is 126 Å². The normalized spacial score (nSPS) is 15.8. The van der Waals surface area contributed by atoms with E-state index in [1.165, 1.54) is 47.2 Å². The summed E-state index contributed by atoms with van der Waals surface area (Å²) in [6.07, 6.45) is 3.64. The van der Waals surface area contributed by atoms with Gasteiger partial charge < -0.3 is 15.5 Å². The Hall–Kier alpha value is -3.45. The third-order valence-corrected chi connectivity index (χ3v) is 8.43. The van der Waals surface area contributed by atoms with E-state index < -0.39 is 15.8 Å². The highest BCUT2D eigenvalue weighted by molar-refractivity contribution is 7.92. The van der Waals surface area contributed by atoms with Gasteiger partial charge in [-0.15, -0.1) is 0 Å². The average Bonchev–Trinajstić information content (AvgIpc) is 3.52. The van der Waals surface area contributed by atoms with Crippen molar-refractivity contribution in [3.63, 3.8) is 0 Å². The van der Waals surface area contributed by atoms with Crippen LogP contribution in [0.2, 0.25) is 10.0 Å². The Labute approximate surface area is 234 Å². The molecule has 0 aliphatic carbocycles. The lowest BCUT2D eigenvalue weighted by Gasteiger charge is -2.20. The molecule has 2 aromatic heterocycles. The van der Waals surface area contributed by atoms with E-state index in [1.54, 1.807) is 4.90 Å². The SMILES string of the molecule is CN(C)C1CCN(C(=O)c2cnn3c(N)c(-c4ccc(NS(=O)(=O)c5cc(Cl)cc(Cl)c5)cc4F)cnc23)C1. The van der Waals surface area contributed by atoms with Gasteiger partial charge in [0.25, 0.3) is 15.9 Å². The van der Waals surface area contributed by atoms with E-state index in [2.05, 4.69) is 19.7 Å². The summed E-state index contributed by atoms with van der Waals surface area (Å²) >= 11 is 11.8. The third kappa shape index (κ3) is 5.24. The molecule has 1 amide bonds. The van der Waals surface area contributed by atoms with Crippen molar-refractivity contribution in [3.05, 3.63) is 70.2 Å². The maximum atomic E-state index is 15.2. The van der Waals surface area contributed by atoms with Crippen molar-refractivity contribution in [1.29, 1.82) is 0 Å². The van der Waals surface area contributed by atoms with Crippen LogP contribution in [-0.2, 0) is 10.0 Å². The quantitative estimate of drug-likeness (QED) is 0.347. The van der Waals surface area contributed by atoms with Crippen LogP contribution in [0.5, 0.6) is 0 Å². The van der Waals surface area contributed by atoms with Gasteiger partial charge in [-0.05, 0) is 56.9 Å². The Morgan fingerprint density at radius 2 is 1.85 bits per heavy atom. The van der Waals surface area contributed by atoms with Crippen molar-refractivity contribution in [1.82, 2.24) is 24.4 Å². The zero-order valence-electron chi connectivity index (χ0n) is 20.9. The second-order valence-electron chi connectivity index (χ2n) is 9.41. The summed E-state index contributed by atoms with van der Waals surface area (Å²) < 4.78 is 44.3. The first-order valence-electron chi connectivity index (χ1n) is 11.8. The van der Waals surface area contributed by atoms with Crippen LogP contribution in [0.15, 0.2) is 53.7 Å². The maximum Gasteiger partial charge on any atom is 0.261 e. The van der Waals surface area contributed by atoms with E-state index in [4.69, 9.17) is 28.9 Å². The Morgan fingerprint density at radius 1 is 1.13 bits per heavy atom. The first-order valence-corrected chi connectivity index (χ1v) is 14.1. The molecule has 0 bridgehead atoms. The molecule has 204 valence electrons. The summed E-state index contributed by atoms with van der Waals surface area (Å²) in [5.41, 5.74) is 7.17. The zero-order chi connectivity index (χ0) is 28.1. The second kappa shape index (κ2) is 10.3. The molecule has 1 aliphatic rings. The molecule has 1 saturated heterocycles. The maximum absolute atomic E-state index is 15.2. The predicted octanol–water partition coefficient (Wildman–Crippen LogP) is 4.00. The van der Waals surface area contributed by atoms with E-state index in [0.29, 0.717) is 18.7 Å². The van der Waals surface area contributed by atoms with Crippen molar-refractivity contribution in [2.75, 3.05) is 37.6 Å². The molecule has 0 radical (unpaired) electrons. The number of anilines is 2. The van der Waals surface area contributed by atoms with E-state index in [1.807, 2.05) is 14.1 Å². The predicted molar refractivity (Wildman–Crippen MR) is 148 cm³/mol. The standard InChI is InChI=1S/C25H24Cl2FN7O3S/c1-33(2)17-5-6-34(13-17)25(36)21-12-31-35-23(29)20(11-30-24(21)35)19-4-3-16(10-22(19)28)32-39(37,38)18-8-14(26)7-15(27)9-18/h3-4,7-12,17,32H,5-6,13,29H2,1-2H3. The number of nitrogens with one attached hydrogen (secondary N) is 1. The lowest BCUT2D eigenvalue weighted by molar-refractivity contribution is 0.0784. The van der Waals surface area contributed by atoms with Crippen molar-refractivity contribution in [2.24, 2.45) is 0 Å². The number of benzene rings is 2. The number of rotatable bonds is 6. The molecule has 1 atom stereocenters. The number of carbonyl (C=O) groups is 1. The fourth-order valence-corrected chi connectivity index (χ4v) is 6.29. The molecule has 14 heteroatoms. The van der Waals surface area contributed by atoms with Crippen LogP contribution < -0.4 is 10.5 Å². The van der Waals surface area contributed by atoms with Gasteiger partial charge in [0.15, 0.2) is 5.65 Å². The number of nitrogens with two attached hydrogens (primary N) is 1. The highest BCUT2D eigenvalue weighted by Crippen LogP contribution is 2.32. The van der Waals surface area contributed by atoms with Gasteiger partial charge in [0.2, 0.25) is 0 Å². The van der Waals surface area contributed by atoms with E-state index >= 15 is 4.39 Å². The van der Waals surface area contributed by atoms with Crippen molar-refractivity contribution >= 4 is 56.3 Å². The number of amides is 1. The number of aromatic nitrogens is 3. The summed E-state index contributed by atoms with van der Waals surface area (Å²) in [5.74, 6) is -0.868. The van der Waals surface area contributed by atoms with Crippen LogP contribution >= 0.6 is 23.2 Å². The van der Waals surface area contributed by atoms with Crippen LogP contribution in [0.25, 0.3) is 16.8 Å². The van der Waals surface area contributed by atoms with Gasteiger partial charge in [-0.25, -0.2) is 17.8 Å². The molecule has 0 spiro atoms. The molecule has 4 aromatic rings. The summed E-state index contributed by atoms with van der Waals surface area (Å²) in [7, 11) is -0.126. The summed E-state index contributed by atoms with van der Waals surface area (Å²) in [6.45, 7) is 1.22. The minimum atomic E-state index is -4.09. The molecule has 3 N–H and O–H groups in total. The fourth-order valence-electron chi connectivity index (χ4n) is 4.52. The number of nitrogen functional groups attached to an aromatic ring is 1. The molecule has 0 saturated carbocycles. The van der Waals surface area contributed by atoms with Gasteiger partial charge in [0.1, 0.15) is 17.2 Å². The lowest BCUT2D eigenvalue weighted by Crippen LogP contribution is -2.34. The number of fused-ring (bicyclic) bond motifs is 1. The van der Waals surface area contributed by atoms with Crippen LogP contribution in [0.4, 0.5) is 15.9 Å². The Bertz CT molecular complexity index is 1690. The first-order chi connectivity index (χ1) is 18.4. The van der Waals surface area contributed by atoms with Crippen molar-refractivity contribution in [3.8, 4) is 11.1 Å². The summed E-state index contributed by atoms with van der Waals surface area (Å²) in [6, 6.07) is 7.92. The second-order valence-corrected chi connectivity index (χ2v) is 12.0. The monoisotopic (exact) mass is 591 g/mol. The molecule has 5 rings (SSSR count). The molecule has 39 heavy (non-hydrogen) atoms. The summed E-state index contributed by atoms with van der Waals surface area (Å²) in [5, 5.41) is 4.52. The van der Waals surface area contributed by atoms with Crippen LogP contribution in [-0.4, -0.2) is 71.9 Å². The Balaban J connectivity index is 1.41. The first kappa shape index (κ1) is 27.1. The molecule has 1 aliphatic heterocycles. The van der Waals surface area contributed by atoms with E-state index in [-0.39, 0.29) is 55.2 Å². The molecule has 2 aromatic carbocycles. The minimum absolute atomic E-state index is 0.0198. The molecule has 10 nitrogen and oxygen atoms in total. The third-order valence-electron chi connectivity index (χ3n) is 6.63. The van der Waals surface area contributed by atoms with Gasteiger partial charge in [-0.3, -0.25) is 9.52 Å². The Morgan fingerprint density at radius 3 is 2.49 bits per heavy atom. The van der Waals surface area contributed by atoms with Crippen LogP contribution in [0.3, 0.4) is 0 Å². The number of nitrogens with zero attached hydrogens (tertiary/aromatic N) is 5. The van der Waals surface area contributed by atoms with Gasteiger partial charge in [0.05, 0.1) is 16.8 Å². The van der Waals surface area contributed by atoms with E-state index in [9.17, 15) is 13.2 Å². The fraction of sp³-hybridized carbons (Fsp3) is 0.240. The highest BCUT2D eigenvalue weighted by atomic mass is 35.5. The number of halogens is 3. The van der Waals surface area contributed by atoms with Gasteiger partial charge in [0, 0.05) is 46.5 Å². The number of likely N-dealkylation sites (N-methyl/N-ethyl adjacent to an activating group) is 1. The zero-order valence-corrected chi connectivity index (χ0v) is 23.2. The number of hydrogen-bond donors (Lipinski definition) is 2. The summed E-state index contributed by atoms with van der Waals surface area (Å²) in [4.78, 5) is 21.2. The van der Waals surface area contributed by atoms with Crippen molar-refractivity contribution in [2.45, 2.75) is 17.4 Å².